The van der Waals surface area contributed by atoms with Crippen LogP contribution in [0.5, 0.6) is 0 Å². The van der Waals surface area contributed by atoms with E-state index in [1.54, 1.807) is 5.31 Å². The van der Waals surface area contributed by atoms with Crippen LogP contribution >= 0.6 is 7.92 Å². The largest absolute Gasteiger partial charge is 0.0842 e. The molecule has 0 spiro atoms. The molecular weight excluding hydrogens is 247 g/mol. The second-order valence-corrected chi connectivity index (χ2v) is 6.91. The van der Waals surface area contributed by atoms with Crippen molar-refractivity contribution in [2.45, 2.75) is 12.8 Å². The summed E-state index contributed by atoms with van der Waals surface area (Å²) in [7, 11) is -0.359. The van der Waals surface area contributed by atoms with Gasteiger partial charge in [0.15, 0.2) is 0 Å². The zero-order valence-electron chi connectivity index (χ0n) is 10.9. The summed E-state index contributed by atoms with van der Waals surface area (Å²) in [5.41, 5.74) is 0. The number of hydrogen-bond acceptors (Lipinski definition) is 0. The molecule has 0 nitrogen and oxygen atoms in total. The number of allylic oxidation sites excluding steroid dienone is 4. The Morgan fingerprint density at radius 1 is 0.737 bits per heavy atom. The minimum atomic E-state index is -0.359. The molecule has 94 valence electrons. The topological polar surface area (TPSA) is 0 Å². The molecule has 0 radical (unpaired) electrons. The van der Waals surface area contributed by atoms with Crippen molar-refractivity contribution in [3.05, 3.63) is 84.2 Å². The van der Waals surface area contributed by atoms with Crippen LogP contribution in [0.2, 0.25) is 0 Å². The predicted octanol–water partition coefficient (Wildman–Crippen LogP) is 4.35. The minimum absolute atomic E-state index is 0.359. The summed E-state index contributed by atoms with van der Waals surface area (Å²) >= 11 is 0. The predicted molar refractivity (Wildman–Crippen MR) is 85.5 cm³/mol. The normalized spacial score (nSPS) is 14.5. The second-order valence-electron chi connectivity index (χ2n) is 4.63. The van der Waals surface area contributed by atoms with Gasteiger partial charge < -0.3 is 0 Å². The van der Waals surface area contributed by atoms with E-state index in [2.05, 4.69) is 78.9 Å². The number of rotatable bonds is 3. The first-order valence-corrected chi connectivity index (χ1v) is 8.05. The van der Waals surface area contributed by atoms with Gasteiger partial charge in [-0.25, -0.2) is 0 Å². The fourth-order valence-electron chi connectivity index (χ4n) is 2.41. The van der Waals surface area contributed by atoms with E-state index in [1.165, 1.54) is 23.5 Å². The van der Waals surface area contributed by atoms with Crippen LogP contribution in [0.1, 0.15) is 12.8 Å². The van der Waals surface area contributed by atoms with Gasteiger partial charge in [-0.05, 0) is 36.7 Å². The Morgan fingerprint density at radius 2 is 1.32 bits per heavy atom. The van der Waals surface area contributed by atoms with Crippen molar-refractivity contribution >= 4 is 18.5 Å². The van der Waals surface area contributed by atoms with E-state index in [0.717, 1.165) is 0 Å². The first-order chi connectivity index (χ1) is 9.45. The van der Waals surface area contributed by atoms with Gasteiger partial charge in [0, 0.05) is 0 Å². The zero-order chi connectivity index (χ0) is 12.9. The molecule has 2 aromatic carbocycles. The highest BCUT2D eigenvalue weighted by Crippen LogP contribution is 2.45. The van der Waals surface area contributed by atoms with Crippen LogP contribution in [0.25, 0.3) is 0 Å². The molecule has 0 aromatic heterocycles. The molecule has 0 N–H and O–H groups in total. The Bertz CT molecular complexity index is 542. The van der Waals surface area contributed by atoms with Gasteiger partial charge in [-0.3, -0.25) is 0 Å². The summed E-state index contributed by atoms with van der Waals surface area (Å²) in [5.74, 6) is 0. The molecule has 1 heteroatoms. The second kappa shape index (κ2) is 5.99. The fourth-order valence-corrected chi connectivity index (χ4v) is 4.90. The quantitative estimate of drug-likeness (QED) is 0.723. The molecular formula is C18H17P. The Morgan fingerprint density at radius 3 is 1.79 bits per heavy atom. The van der Waals surface area contributed by atoms with E-state index >= 15 is 0 Å². The first-order valence-electron chi connectivity index (χ1n) is 6.71. The molecule has 0 heterocycles. The average Bonchev–Trinajstić information content (AvgIpc) is 2.51. The van der Waals surface area contributed by atoms with Crippen LogP contribution in [0.15, 0.2) is 84.2 Å². The van der Waals surface area contributed by atoms with Gasteiger partial charge in [-0.1, -0.05) is 78.9 Å². The van der Waals surface area contributed by atoms with Crippen LogP contribution in [0, 0.1) is 0 Å². The number of benzene rings is 2. The van der Waals surface area contributed by atoms with Gasteiger partial charge in [0.05, 0.1) is 0 Å². The Kier molecular flexibility index (Phi) is 3.91. The Balaban J connectivity index is 2.06. The first kappa shape index (κ1) is 12.4. The molecule has 0 atom stereocenters. The van der Waals surface area contributed by atoms with Crippen molar-refractivity contribution < 1.29 is 0 Å². The SMILES string of the molecule is C1=CCCC(P(c2ccccc2)c2ccccc2)=C1. The third-order valence-electron chi connectivity index (χ3n) is 3.31. The summed E-state index contributed by atoms with van der Waals surface area (Å²) < 4.78 is 0. The number of hydrogen-bond donors (Lipinski definition) is 0. The lowest BCUT2D eigenvalue weighted by Crippen LogP contribution is -2.13. The molecule has 0 unspecified atom stereocenters. The van der Waals surface area contributed by atoms with Crippen LogP contribution < -0.4 is 10.6 Å². The molecule has 19 heavy (non-hydrogen) atoms. The lowest BCUT2D eigenvalue weighted by molar-refractivity contribution is 1.02. The van der Waals surface area contributed by atoms with Gasteiger partial charge in [-0.15, -0.1) is 0 Å². The molecule has 1 aliphatic carbocycles. The molecule has 2 aromatic rings. The van der Waals surface area contributed by atoms with E-state index < -0.39 is 0 Å². The highest BCUT2D eigenvalue weighted by atomic mass is 31.1. The third-order valence-corrected chi connectivity index (χ3v) is 5.88. The molecule has 0 amide bonds. The summed E-state index contributed by atoms with van der Waals surface area (Å²) in [5, 5.41) is 4.48. The van der Waals surface area contributed by atoms with Crippen LogP contribution in [-0.2, 0) is 0 Å². The van der Waals surface area contributed by atoms with Crippen molar-refractivity contribution in [3.8, 4) is 0 Å². The summed E-state index contributed by atoms with van der Waals surface area (Å²) in [4.78, 5) is 0. The molecule has 0 fully saturated rings. The third kappa shape index (κ3) is 2.85. The maximum Gasteiger partial charge on any atom is -0.0154 e. The highest BCUT2D eigenvalue weighted by molar-refractivity contribution is 7.76. The standard InChI is InChI=1S/C18H17P/c1-4-10-16(11-5-1)19(17-12-6-2-7-13-17)18-14-8-3-9-15-18/h1-8,10-14H,9,15H2. The molecule has 0 saturated heterocycles. The monoisotopic (exact) mass is 264 g/mol. The maximum atomic E-state index is 2.31. The lowest BCUT2D eigenvalue weighted by Gasteiger charge is -2.23. The molecule has 0 saturated carbocycles. The average molecular weight is 264 g/mol. The van der Waals surface area contributed by atoms with Crippen LogP contribution in [0.4, 0.5) is 0 Å². The fraction of sp³-hybridized carbons (Fsp3) is 0.111. The lowest BCUT2D eigenvalue weighted by atomic mass is 10.2. The van der Waals surface area contributed by atoms with Crippen molar-refractivity contribution in [1.82, 2.24) is 0 Å². The summed E-state index contributed by atoms with van der Waals surface area (Å²) in [6.07, 6.45) is 9.14. The molecule has 1 aliphatic rings. The Labute approximate surface area is 116 Å². The molecule has 0 aliphatic heterocycles. The maximum absolute atomic E-state index is 2.31. The highest BCUT2D eigenvalue weighted by Gasteiger charge is 2.18. The van der Waals surface area contributed by atoms with Gasteiger partial charge in [0.1, 0.15) is 0 Å². The van der Waals surface area contributed by atoms with Crippen molar-refractivity contribution in [2.75, 3.05) is 0 Å². The molecule has 0 bridgehead atoms. The van der Waals surface area contributed by atoms with Crippen molar-refractivity contribution in [1.29, 1.82) is 0 Å². The zero-order valence-corrected chi connectivity index (χ0v) is 11.8. The minimum Gasteiger partial charge on any atom is -0.0842 e. The van der Waals surface area contributed by atoms with Crippen molar-refractivity contribution in [3.63, 3.8) is 0 Å². The van der Waals surface area contributed by atoms with Gasteiger partial charge >= 0.3 is 0 Å². The van der Waals surface area contributed by atoms with Crippen LogP contribution in [0.3, 0.4) is 0 Å². The van der Waals surface area contributed by atoms with E-state index in [9.17, 15) is 0 Å². The van der Waals surface area contributed by atoms with Gasteiger partial charge in [0.2, 0.25) is 0 Å². The Hall–Kier alpha value is -1.65. The summed E-state index contributed by atoms with van der Waals surface area (Å²) in [6.45, 7) is 0. The molecule has 3 rings (SSSR count). The van der Waals surface area contributed by atoms with E-state index in [-0.39, 0.29) is 7.92 Å². The smallest absolute Gasteiger partial charge is 0.0154 e. The van der Waals surface area contributed by atoms with E-state index in [1.807, 2.05) is 0 Å². The van der Waals surface area contributed by atoms with Crippen molar-refractivity contribution in [2.24, 2.45) is 0 Å². The van der Waals surface area contributed by atoms with Gasteiger partial charge in [0.25, 0.3) is 0 Å². The van der Waals surface area contributed by atoms with Crippen LogP contribution in [-0.4, -0.2) is 0 Å². The van der Waals surface area contributed by atoms with E-state index in [4.69, 9.17) is 0 Å². The van der Waals surface area contributed by atoms with E-state index in [0.29, 0.717) is 0 Å². The summed E-state index contributed by atoms with van der Waals surface area (Å²) in [6, 6.07) is 21.8. The van der Waals surface area contributed by atoms with Gasteiger partial charge in [-0.2, -0.15) is 0 Å².